The molecule has 1 rings (SSSR count). The first kappa shape index (κ1) is 7.07. The van der Waals surface area contributed by atoms with E-state index in [4.69, 9.17) is 5.73 Å². The second-order valence-electron chi connectivity index (χ2n) is 1.59. The van der Waals surface area contributed by atoms with Gasteiger partial charge < -0.3 is 11.2 Å². The molecule has 0 radical (unpaired) electrons. The predicted octanol–water partition coefficient (Wildman–Crippen LogP) is -1.35. The Balaban J connectivity index is 2.69. The number of nitrogens with one attached hydrogen (secondary N) is 1. The summed E-state index contributed by atoms with van der Waals surface area (Å²) in [7, 11) is 0. The van der Waals surface area contributed by atoms with Crippen molar-refractivity contribution in [1.29, 1.82) is 0 Å². The fourth-order valence-corrected chi connectivity index (χ4v) is 1.01. The quantitative estimate of drug-likeness (QED) is 0.495. The highest BCUT2D eigenvalue weighted by molar-refractivity contribution is 8.27. The van der Waals surface area contributed by atoms with Gasteiger partial charge in [0.1, 0.15) is 6.54 Å². The number of primary amides is 1. The summed E-state index contributed by atoms with van der Waals surface area (Å²) in [6, 6.07) is 0. The van der Waals surface area contributed by atoms with Crippen molar-refractivity contribution >= 4 is 27.8 Å². The average molecular weight is 159 g/mol. The van der Waals surface area contributed by atoms with E-state index in [9.17, 15) is 9.59 Å². The first-order valence-electron chi connectivity index (χ1n) is 2.51. The molecule has 54 valence electrons. The summed E-state index contributed by atoms with van der Waals surface area (Å²) in [6.45, 7) is 0.154. The molecule has 1 aliphatic heterocycles. The molecule has 6 heteroatoms. The highest BCUT2D eigenvalue weighted by atomic mass is 32.2. The summed E-state index contributed by atoms with van der Waals surface area (Å²) >= 11 is 0.769. The van der Waals surface area contributed by atoms with E-state index < -0.39 is 5.91 Å². The zero-order chi connectivity index (χ0) is 7.56. The van der Waals surface area contributed by atoms with Crippen LogP contribution in [-0.4, -0.2) is 22.6 Å². The summed E-state index contributed by atoms with van der Waals surface area (Å²) in [5, 5.41) is 3.39. The number of hydrogen-bond acceptors (Lipinski definition) is 5. The van der Waals surface area contributed by atoms with Crippen molar-refractivity contribution in [3.05, 3.63) is 0 Å². The number of hydrogen-bond donors (Lipinski definition) is 2. The molecule has 0 saturated heterocycles. The van der Waals surface area contributed by atoms with Crippen LogP contribution in [0.4, 0.5) is 0 Å². The number of amides is 1. The fourth-order valence-electron chi connectivity index (χ4n) is 0.448. The Morgan fingerprint density at radius 3 is 2.90 bits per heavy atom. The lowest BCUT2D eigenvalue weighted by Crippen LogP contribution is -2.31. The van der Waals surface area contributed by atoms with Gasteiger partial charge in [-0.2, -0.15) is 5.10 Å². The first-order valence-corrected chi connectivity index (χ1v) is 3.33. The number of thioether (sulfide) groups is 1. The lowest BCUT2D eigenvalue weighted by molar-refractivity contribution is -0.112. The molecule has 1 heterocycles. The number of hydrazone groups is 1. The Labute approximate surface area is 61.0 Å². The number of nitrogens with zero attached hydrogens (tertiary/aromatic N) is 1. The molecule has 5 nitrogen and oxygen atoms in total. The van der Waals surface area contributed by atoms with E-state index in [1.807, 2.05) is 0 Å². The minimum atomic E-state index is -0.675. The molecular formula is C4H5N3O2S. The topological polar surface area (TPSA) is 84.6 Å². The number of carbonyl (C=O) groups excluding carboxylic acids is 2. The minimum absolute atomic E-state index is 0.0243. The van der Waals surface area contributed by atoms with Crippen molar-refractivity contribution in [2.75, 3.05) is 6.54 Å². The molecule has 1 aliphatic rings. The largest absolute Gasteiger partial charge is 0.364 e. The number of nitrogens with two attached hydrogens (primary N) is 1. The molecule has 1 amide bonds. The van der Waals surface area contributed by atoms with Gasteiger partial charge in [0.25, 0.3) is 5.91 Å². The predicted molar refractivity (Wildman–Crippen MR) is 37.2 cm³/mol. The Morgan fingerprint density at radius 2 is 2.50 bits per heavy atom. The van der Waals surface area contributed by atoms with E-state index in [1.54, 1.807) is 0 Å². The van der Waals surface area contributed by atoms with E-state index >= 15 is 0 Å². The second kappa shape index (κ2) is 2.70. The smallest absolute Gasteiger partial charge is 0.276 e. The van der Waals surface area contributed by atoms with E-state index in [0.717, 1.165) is 11.8 Å². The normalized spacial score (nSPS) is 17.6. The number of rotatable bonds is 1. The van der Waals surface area contributed by atoms with Gasteiger partial charge in [-0.15, -0.1) is 0 Å². The Bertz CT molecular complexity index is 213. The molecule has 3 N–H and O–H groups in total. The van der Waals surface area contributed by atoms with Gasteiger partial charge in [-0.1, -0.05) is 0 Å². The maximum absolute atomic E-state index is 10.6. The van der Waals surface area contributed by atoms with Gasteiger partial charge in [0.15, 0.2) is 5.04 Å². The molecule has 0 spiro atoms. The maximum Gasteiger partial charge on any atom is 0.276 e. The van der Waals surface area contributed by atoms with Gasteiger partial charge >= 0.3 is 0 Å². The van der Waals surface area contributed by atoms with E-state index in [2.05, 4.69) is 10.5 Å². The van der Waals surface area contributed by atoms with Gasteiger partial charge in [-0.3, -0.25) is 9.59 Å². The summed E-state index contributed by atoms with van der Waals surface area (Å²) in [4.78, 5) is 21.0. The third-order valence-electron chi connectivity index (χ3n) is 0.825. The summed E-state index contributed by atoms with van der Waals surface area (Å²) in [6.07, 6.45) is 0. The van der Waals surface area contributed by atoms with Crippen molar-refractivity contribution in [1.82, 2.24) is 5.43 Å². The zero-order valence-corrected chi connectivity index (χ0v) is 5.77. The monoisotopic (exact) mass is 159 g/mol. The molecule has 0 fully saturated rings. The van der Waals surface area contributed by atoms with Crippen LogP contribution in [0.2, 0.25) is 0 Å². The van der Waals surface area contributed by atoms with Crippen molar-refractivity contribution in [3.63, 3.8) is 0 Å². The van der Waals surface area contributed by atoms with E-state index in [1.165, 1.54) is 0 Å². The highest BCUT2D eigenvalue weighted by Crippen LogP contribution is 2.07. The summed E-state index contributed by atoms with van der Waals surface area (Å²) < 4.78 is 0. The summed E-state index contributed by atoms with van der Waals surface area (Å²) in [5.41, 5.74) is 7.23. The SMILES string of the molecule is NC(=O)C1=NNCC(=O)S1. The molecule has 0 aromatic carbocycles. The van der Waals surface area contributed by atoms with E-state index in [-0.39, 0.29) is 16.7 Å². The average Bonchev–Trinajstić information content (AvgIpc) is 1.88. The molecule has 0 saturated carbocycles. The molecule has 0 aliphatic carbocycles. The van der Waals surface area contributed by atoms with Crippen LogP contribution in [0.5, 0.6) is 0 Å². The lowest BCUT2D eigenvalue weighted by Gasteiger charge is -2.07. The van der Waals surface area contributed by atoms with Crippen LogP contribution in [0.1, 0.15) is 0 Å². The third kappa shape index (κ3) is 1.47. The van der Waals surface area contributed by atoms with E-state index in [0.29, 0.717) is 0 Å². The molecule has 0 aromatic rings. The van der Waals surface area contributed by atoms with Gasteiger partial charge in [-0.05, 0) is 11.8 Å². The van der Waals surface area contributed by atoms with Crippen molar-refractivity contribution < 1.29 is 9.59 Å². The Morgan fingerprint density at radius 1 is 1.80 bits per heavy atom. The maximum atomic E-state index is 10.6. The molecule has 10 heavy (non-hydrogen) atoms. The van der Waals surface area contributed by atoms with Gasteiger partial charge in [0, 0.05) is 0 Å². The van der Waals surface area contributed by atoms with Crippen LogP contribution < -0.4 is 11.2 Å². The second-order valence-corrected chi connectivity index (χ2v) is 2.64. The van der Waals surface area contributed by atoms with Crippen LogP contribution in [-0.2, 0) is 9.59 Å². The van der Waals surface area contributed by atoms with Crippen LogP contribution in [0.15, 0.2) is 5.10 Å². The highest BCUT2D eigenvalue weighted by Gasteiger charge is 2.17. The van der Waals surface area contributed by atoms with Crippen LogP contribution in [0.3, 0.4) is 0 Å². The third-order valence-corrected chi connectivity index (χ3v) is 1.68. The van der Waals surface area contributed by atoms with Crippen molar-refractivity contribution in [2.24, 2.45) is 10.8 Å². The van der Waals surface area contributed by atoms with Gasteiger partial charge in [0.05, 0.1) is 0 Å². The molecule has 0 bridgehead atoms. The lowest BCUT2D eigenvalue weighted by atomic mass is 10.7. The Kier molecular flexibility index (Phi) is 1.91. The molecule has 0 aromatic heterocycles. The Hall–Kier alpha value is -1.04. The van der Waals surface area contributed by atoms with Crippen LogP contribution in [0, 0.1) is 0 Å². The molecular weight excluding hydrogens is 154 g/mol. The standard InChI is InChI=1S/C4H5N3O2S/c5-3(9)4-7-6-1-2(8)10-4/h6H,1H2,(H2,5,9). The first-order chi connectivity index (χ1) is 4.70. The van der Waals surface area contributed by atoms with Crippen LogP contribution in [0.25, 0.3) is 0 Å². The minimum Gasteiger partial charge on any atom is -0.364 e. The van der Waals surface area contributed by atoms with Gasteiger partial charge in [-0.25, -0.2) is 0 Å². The van der Waals surface area contributed by atoms with Gasteiger partial charge in [0.2, 0.25) is 5.12 Å². The molecule has 0 atom stereocenters. The summed E-state index contributed by atoms with van der Waals surface area (Å²) in [5.74, 6) is -0.675. The molecule has 0 unspecified atom stereocenters. The zero-order valence-electron chi connectivity index (χ0n) is 4.96. The van der Waals surface area contributed by atoms with Crippen molar-refractivity contribution in [3.8, 4) is 0 Å². The number of carbonyl (C=O) groups is 2. The van der Waals surface area contributed by atoms with Crippen molar-refractivity contribution in [2.45, 2.75) is 0 Å². The fraction of sp³-hybridized carbons (Fsp3) is 0.250. The van der Waals surface area contributed by atoms with Crippen LogP contribution >= 0.6 is 11.8 Å².